The summed E-state index contributed by atoms with van der Waals surface area (Å²) in [5, 5.41) is 22.6. The first-order chi connectivity index (χ1) is 16.6. The van der Waals surface area contributed by atoms with Crippen LogP contribution in [0.5, 0.6) is 5.75 Å². The molecule has 1 amide bonds. The van der Waals surface area contributed by atoms with Crippen molar-refractivity contribution in [3.8, 4) is 5.75 Å². The van der Waals surface area contributed by atoms with E-state index in [4.69, 9.17) is 9.47 Å². The normalized spacial score (nSPS) is 17.3. The van der Waals surface area contributed by atoms with Gasteiger partial charge in [-0.05, 0) is 48.6 Å². The van der Waals surface area contributed by atoms with Crippen LogP contribution < -0.4 is 4.74 Å². The van der Waals surface area contributed by atoms with Crippen LogP contribution in [0.4, 0.5) is 5.69 Å². The number of nitro groups is 1. The van der Waals surface area contributed by atoms with Gasteiger partial charge in [-0.25, -0.2) is 0 Å². The van der Waals surface area contributed by atoms with Gasteiger partial charge in [-0.2, -0.15) is 0 Å². The highest BCUT2D eigenvalue weighted by molar-refractivity contribution is 6.46. The third-order valence-electron chi connectivity index (χ3n) is 5.70. The Morgan fingerprint density at radius 1 is 1.20 bits per heavy atom. The number of methoxy groups -OCH3 is 1. The largest absolute Gasteiger partial charge is 0.507 e. The Labute approximate surface area is 204 Å². The van der Waals surface area contributed by atoms with Gasteiger partial charge in [-0.1, -0.05) is 26.0 Å². The van der Waals surface area contributed by atoms with Crippen molar-refractivity contribution >= 4 is 23.1 Å². The van der Waals surface area contributed by atoms with Gasteiger partial charge in [0, 0.05) is 38.0 Å². The summed E-state index contributed by atoms with van der Waals surface area (Å²) in [6.45, 7) is 6.98. The van der Waals surface area contributed by atoms with E-state index in [9.17, 15) is 24.8 Å². The minimum absolute atomic E-state index is 0.108. The highest BCUT2D eigenvalue weighted by Gasteiger charge is 2.46. The predicted molar refractivity (Wildman–Crippen MR) is 130 cm³/mol. The van der Waals surface area contributed by atoms with Crippen LogP contribution in [-0.4, -0.2) is 53.5 Å². The lowest BCUT2D eigenvalue weighted by Gasteiger charge is -2.25. The summed E-state index contributed by atoms with van der Waals surface area (Å²) in [5.41, 5.74) is 1.20. The molecule has 1 heterocycles. The van der Waals surface area contributed by atoms with Crippen LogP contribution in [0, 0.1) is 23.0 Å². The van der Waals surface area contributed by atoms with Gasteiger partial charge in [0.05, 0.1) is 23.1 Å². The lowest BCUT2D eigenvalue weighted by atomic mass is 9.94. The van der Waals surface area contributed by atoms with Gasteiger partial charge in [0.25, 0.3) is 17.4 Å². The molecule has 35 heavy (non-hydrogen) atoms. The molecule has 0 bridgehead atoms. The second-order valence-corrected chi connectivity index (χ2v) is 8.88. The summed E-state index contributed by atoms with van der Waals surface area (Å²) in [4.78, 5) is 38.2. The van der Waals surface area contributed by atoms with Crippen LogP contribution in [0.1, 0.15) is 43.0 Å². The number of carbonyl (C=O) groups is 2. The minimum atomic E-state index is -0.969. The first kappa shape index (κ1) is 25.9. The number of aliphatic hydroxyl groups excluding tert-OH is 1. The standard InChI is InChI=1S/C26H30N2O7/c1-16(2)15-35-21-10-9-19(13-17(21)3)24(29)22-23(18-7-5-8-20(14-18)28(32)33)27(11-6-12-34-4)26(31)25(22)30/h5,7-10,13-14,16,23,29H,6,11-12,15H2,1-4H3/b24-22+. The lowest BCUT2D eigenvalue weighted by Crippen LogP contribution is -2.31. The predicted octanol–water partition coefficient (Wildman–Crippen LogP) is 4.40. The SMILES string of the molecule is COCCCN1C(=O)C(=O)/C(=C(/O)c2ccc(OCC(C)C)c(C)c2)C1c1cccc([N+](=O)[O-])c1. The van der Waals surface area contributed by atoms with Crippen molar-refractivity contribution in [3.05, 3.63) is 74.8 Å². The first-order valence-electron chi connectivity index (χ1n) is 11.4. The van der Waals surface area contributed by atoms with Crippen molar-refractivity contribution in [2.75, 3.05) is 26.9 Å². The van der Waals surface area contributed by atoms with E-state index in [0.29, 0.717) is 42.4 Å². The average molecular weight is 483 g/mol. The van der Waals surface area contributed by atoms with Gasteiger partial charge in [-0.3, -0.25) is 19.7 Å². The fraction of sp³-hybridized carbons (Fsp3) is 0.385. The third kappa shape index (κ3) is 5.68. The maximum Gasteiger partial charge on any atom is 0.295 e. The van der Waals surface area contributed by atoms with Crippen LogP contribution in [0.3, 0.4) is 0 Å². The molecule has 1 unspecified atom stereocenters. The highest BCUT2D eigenvalue weighted by Crippen LogP contribution is 2.40. The average Bonchev–Trinajstić information content (AvgIpc) is 3.08. The van der Waals surface area contributed by atoms with Crippen LogP contribution >= 0.6 is 0 Å². The highest BCUT2D eigenvalue weighted by atomic mass is 16.6. The third-order valence-corrected chi connectivity index (χ3v) is 5.70. The molecule has 9 nitrogen and oxygen atoms in total. The number of hydrogen-bond acceptors (Lipinski definition) is 7. The van der Waals surface area contributed by atoms with Gasteiger partial charge >= 0.3 is 0 Å². The van der Waals surface area contributed by atoms with Crippen molar-refractivity contribution in [2.24, 2.45) is 5.92 Å². The molecule has 0 aromatic heterocycles. The lowest BCUT2D eigenvalue weighted by molar-refractivity contribution is -0.384. The fourth-order valence-electron chi connectivity index (χ4n) is 4.02. The van der Waals surface area contributed by atoms with E-state index in [-0.39, 0.29) is 23.6 Å². The van der Waals surface area contributed by atoms with E-state index < -0.39 is 22.7 Å². The molecule has 1 atom stereocenters. The molecule has 0 radical (unpaired) electrons. The van der Waals surface area contributed by atoms with E-state index in [1.54, 1.807) is 24.3 Å². The summed E-state index contributed by atoms with van der Waals surface area (Å²) in [5.74, 6) is -0.952. The Kier molecular flexibility index (Phi) is 8.24. The van der Waals surface area contributed by atoms with E-state index in [1.807, 2.05) is 20.8 Å². The van der Waals surface area contributed by atoms with Crippen LogP contribution in [0.25, 0.3) is 5.76 Å². The zero-order valence-corrected chi connectivity index (χ0v) is 20.3. The van der Waals surface area contributed by atoms with Gasteiger partial charge in [-0.15, -0.1) is 0 Å². The Balaban J connectivity index is 2.10. The van der Waals surface area contributed by atoms with Crippen LogP contribution in [0.15, 0.2) is 48.0 Å². The molecule has 1 aliphatic rings. The first-order valence-corrected chi connectivity index (χ1v) is 11.4. The van der Waals surface area contributed by atoms with Crippen molar-refractivity contribution in [1.82, 2.24) is 4.90 Å². The number of Topliss-reactive ketones (excluding diaryl/α,β-unsaturated/α-hetero) is 1. The van der Waals surface area contributed by atoms with Crippen LogP contribution in [-0.2, 0) is 14.3 Å². The number of rotatable bonds is 10. The monoisotopic (exact) mass is 482 g/mol. The molecule has 1 N–H and O–H groups in total. The maximum absolute atomic E-state index is 13.1. The minimum Gasteiger partial charge on any atom is -0.507 e. The Bertz CT molecular complexity index is 1160. The number of aryl methyl sites for hydroxylation is 1. The van der Waals surface area contributed by atoms with Crippen molar-refractivity contribution in [3.63, 3.8) is 0 Å². The van der Waals surface area contributed by atoms with Gasteiger partial charge < -0.3 is 19.5 Å². The van der Waals surface area contributed by atoms with E-state index in [2.05, 4.69) is 0 Å². The molecule has 0 aliphatic carbocycles. The summed E-state index contributed by atoms with van der Waals surface area (Å²) in [6.07, 6.45) is 0.454. The number of nitrogens with zero attached hydrogens (tertiary/aromatic N) is 2. The summed E-state index contributed by atoms with van der Waals surface area (Å²) in [6, 6.07) is 9.81. The molecule has 186 valence electrons. The van der Waals surface area contributed by atoms with Gasteiger partial charge in [0.2, 0.25) is 0 Å². The number of likely N-dealkylation sites (tertiary alicyclic amines) is 1. The van der Waals surface area contributed by atoms with Crippen molar-refractivity contribution in [2.45, 2.75) is 33.2 Å². The molecule has 9 heteroatoms. The number of nitro benzene ring substituents is 1. The number of aliphatic hydroxyl groups is 1. The number of ketones is 1. The smallest absolute Gasteiger partial charge is 0.295 e. The summed E-state index contributed by atoms with van der Waals surface area (Å²) < 4.78 is 10.9. The molecule has 1 aliphatic heterocycles. The maximum atomic E-state index is 13.1. The topological polar surface area (TPSA) is 119 Å². The van der Waals surface area contributed by atoms with Gasteiger partial charge in [0.15, 0.2) is 0 Å². The molecule has 0 spiro atoms. The van der Waals surface area contributed by atoms with Crippen molar-refractivity contribution in [1.29, 1.82) is 0 Å². The number of ether oxygens (including phenoxy) is 2. The molecule has 2 aromatic rings. The molecule has 1 saturated heterocycles. The molecule has 2 aromatic carbocycles. The number of amides is 1. The Morgan fingerprint density at radius 3 is 2.57 bits per heavy atom. The van der Waals surface area contributed by atoms with Crippen LogP contribution in [0.2, 0.25) is 0 Å². The molecular weight excluding hydrogens is 452 g/mol. The molecule has 1 fully saturated rings. The van der Waals surface area contributed by atoms with Gasteiger partial charge in [0.1, 0.15) is 11.5 Å². The van der Waals surface area contributed by atoms with E-state index in [0.717, 1.165) is 5.56 Å². The number of hydrogen-bond donors (Lipinski definition) is 1. The fourth-order valence-corrected chi connectivity index (χ4v) is 4.02. The molecular formula is C26H30N2O7. The Morgan fingerprint density at radius 2 is 1.94 bits per heavy atom. The van der Waals surface area contributed by atoms with E-state index in [1.165, 1.54) is 30.2 Å². The summed E-state index contributed by atoms with van der Waals surface area (Å²) in [7, 11) is 1.53. The summed E-state index contributed by atoms with van der Waals surface area (Å²) >= 11 is 0. The zero-order chi connectivity index (χ0) is 25.7. The van der Waals surface area contributed by atoms with Crippen molar-refractivity contribution < 1.29 is 29.1 Å². The zero-order valence-electron chi connectivity index (χ0n) is 20.3. The quantitative estimate of drug-likeness (QED) is 0.133. The number of carbonyl (C=O) groups excluding carboxylic acids is 2. The molecule has 3 rings (SSSR count). The number of benzene rings is 2. The molecule has 0 saturated carbocycles. The Hall–Kier alpha value is -3.72. The number of non-ortho nitro benzene ring substituents is 1. The second-order valence-electron chi connectivity index (χ2n) is 8.88. The van der Waals surface area contributed by atoms with E-state index >= 15 is 0 Å². The second kappa shape index (κ2) is 11.1.